The molecule has 1 aliphatic carbocycles. The Hall–Kier alpha value is -1.39. The Morgan fingerprint density at radius 2 is 2.19 bits per heavy atom. The summed E-state index contributed by atoms with van der Waals surface area (Å²) >= 11 is 1.77. The molecular weight excluding hydrogens is 278 g/mol. The van der Waals surface area contributed by atoms with Crippen molar-refractivity contribution in [2.75, 3.05) is 4.90 Å². The van der Waals surface area contributed by atoms with Crippen LogP contribution in [-0.4, -0.2) is 17.1 Å². The largest absolute Gasteiger partial charge is 0.349 e. The summed E-state index contributed by atoms with van der Waals surface area (Å²) in [5.74, 6) is 1.12. The SMILES string of the molecule is CC(C)NCc1ccnc(N(Cc2ccsc2)C2CC2)c1. The summed E-state index contributed by atoms with van der Waals surface area (Å²) in [6.07, 6.45) is 4.52. The van der Waals surface area contributed by atoms with Crippen LogP contribution in [0.2, 0.25) is 0 Å². The van der Waals surface area contributed by atoms with Crippen LogP contribution in [0.5, 0.6) is 0 Å². The number of hydrogen-bond acceptors (Lipinski definition) is 4. The molecule has 3 nitrogen and oxygen atoms in total. The third-order valence-corrected chi connectivity index (χ3v) is 4.47. The van der Waals surface area contributed by atoms with Crippen LogP contribution in [0.15, 0.2) is 35.2 Å². The standard InChI is InChI=1S/C17H23N3S/c1-13(2)19-10-14-5-7-18-17(9-14)20(16-3-4-16)11-15-6-8-21-12-15/h5-9,12-13,16,19H,3-4,10-11H2,1-2H3. The third-order valence-electron chi connectivity index (χ3n) is 3.74. The highest BCUT2D eigenvalue weighted by atomic mass is 32.1. The minimum absolute atomic E-state index is 0.506. The Bertz CT molecular complexity index is 561. The van der Waals surface area contributed by atoms with Crippen molar-refractivity contribution in [2.45, 2.75) is 51.9 Å². The summed E-state index contributed by atoms with van der Waals surface area (Å²) in [4.78, 5) is 7.07. The Morgan fingerprint density at radius 1 is 1.33 bits per heavy atom. The molecule has 21 heavy (non-hydrogen) atoms. The van der Waals surface area contributed by atoms with Crippen molar-refractivity contribution in [3.05, 3.63) is 46.3 Å². The van der Waals surface area contributed by atoms with Gasteiger partial charge in [0, 0.05) is 31.4 Å². The van der Waals surface area contributed by atoms with Gasteiger partial charge in [-0.05, 0) is 52.9 Å². The van der Waals surface area contributed by atoms with E-state index in [-0.39, 0.29) is 0 Å². The Kier molecular flexibility index (Phi) is 4.56. The number of nitrogens with one attached hydrogen (secondary N) is 1. The van der Waals surface area contributed by atoms with E-state index in [0.717, 1.165) is 18.9 Å². The first-order chi connectivity index (χ1) is 10.2. The average molecular weight is 301 g/mol. The van der Waals surface area contributed by atoms with Gasteiger partial charge in [-0.25, -0.2) is 4.98 Å². The van der Waals surface area contributed by atoms with E-state index in [4.69, 9.17) is 0 Å². The molecule has 1 saturated carbocycles. The first-order valence-corrected chi connectivity index (χ1v) is 8.62. The van der Waals surface area contributed by atoms with Crippen molar-refractivity contribution in [1.82, 2.24) is 10.3 Å². The fraction of sp³-hybridized carbons (Fsp3) is 0.471. The molecule has 1 aliphatic rings. The van der Waals surface area contributed by atoms with Crippen molar-refractivity contribution in [3.8, 4) is 0 Å². The molecule has 112 valence electrons. The number of hydrogen-bond donors (Lipinski definition) is 1. The maximum Gasteiger partial charge on any atom is 0.129 e. The summed E-state index contributed by atoms with van der Waals surface area (Å²) in [6.45, 7) is 6.23. The average Bonchev–Trinajstić information content (AvgIpc) is 3.19. The second kappa shape index (κ2) is 6.58. The third kappa shape index (κ3) is 4.05. The number of thiophene rings is 1. The van der Waals surface area contributed by atoms with Gasteiger partial charge in [0.2, 0.25) is 0 Å². The highest BCUT2D eigenvalue weighted by Crippen LogP contribution is 2.32. The van der Waals surface area contributed by atoms with E-state index >= 15 is 0 Å². The fourth-order valence-corrected chi connectivity index (χ4v) is 3.07. The lowest BCUT2D eigenvalue weighted by Gasteiger charge is -2.23. The monoisotopic (exact) mass is 301 g/mol. The van der Waals surface area contributed by atoms with Crippen LogP contribution in [0.4, 0.5) is 5.82 Å². The van der Waals surface area contributed by atoms with Gasteiger partial charge in [-0.15, -0.1) is 0 Å². The molecule has 0 unspecified atom stereocenters. The van der Waals surface area contributed by atoms with Crippen molar-refractivity contribution >= 4 is 17.2 Å². The van der Waals surface area contributed by atoms with Crippen LogP contribution >= 0.6 is 11.3 Å². The van der Waals surface area contributed by atoms with E-state index in [0.29, 0.717) is 12.1 Å². The lowest BCUT2D eigenvalue weighted by Crippen LogP contribution is -2.26. The summed E-state index contributed by atoms with van der Waals surface area (Å²) in [6, 6.07) is 7.73. The van der Waals surface area contributed by atoms with Crippen LogP contribution < -0.4 is 10.2 Å². The quantitative estimate of drug-likeness (QED) is 0.843. The molecule has 0 aromatic carbocycles. The van der Waals surface area contributed by atoms with Crippen molar-refractivity contribution in [2.24, 2.45) is 0 Å². The van der Waals surface area contributed by atoms with Gasteiger partial charge in [0.15, 0.2) is 0 Å². The second-order valence-electron chi connectivity index (χ2n) is 6.05. The van der Waals surface area contributed by atoms with E-state index in [9.17, 15) is 0 Å². The van der Waals surface area contributed by atoms with Gasteiger partial charge in [-0.3, -0.25) is 0 Å². The zero-order chi connectivity index (χ0) is 14.7. The second-order valence-corrected chi connectivity index (χ2v) is 6.83. The highest BCUT2D eigenvalue weighted by molar-refractivity contribution is 7.07. The molecule has 0 saturated heterocycles. The van der Waals surface area contributed by atoms with Crippen molar-refractivity contribution < 1.29 is 0 Å². The first kappa shape index (κ1) is 14.5. The lowest BCUT2D eigenvalue weighted by molar-refractivity contribution is 0.588. The molecule has 2 heterocycles. The van der Waals surface area contributed by atoms with E-state index in [1.807, 2.05) is 6.20 Å². The Morgan fingerprint density at radius 3 is 2.86 bits per heavy atom. The van der Waals surface area contributed by atoms with Crippen LogP contribution in [0.25, 0.3) is 0 Å². The maximum atomic E-state index is 4.61. The fourth-order valence-electron chi connectivity index (χ4n) is 2.41. The molecule has 1 fully saturated rings. The molecule has 2 aromatic rings. The molecule has 0 radical (unpaired) electrons. The number of aromatic nitrogens is 1. The topological polar surface area (TPSA) is 28.2 Å². The van der Waals surface area contributed by atoms with Gasteiger partial charge < -0.3 is 10.2 Å². The number of pyridine rings is 1. The van der Waals surface area contributed by atoms with Gasteiger partial charge in [0.1, 0.15) is 5.82 Å². The molecule has 0 amide bonds. The smallest absolute Gasteiger partial charge is 0.129 e. The zero-order valence-corrected chi connectivity index (χ0v) is 13.6. The molecule has 0 bridgehead atoms. The summed E-state index contributed by atoms with van der Waals surface area (Å²) in [7, 11) is 0. The number of anilines is 1. The molecule has 0 spiro atoms. The van der Waals surface area contributed by atoms with Crippen LogP contribution in [0.1, 0.15) is 37.8 Å². The molecular formula is C17H23N3S. The van der Waals surface area contributed by atoms with Gasteiger partial charge in [0.05, 0.1) is 0 Å². The van der Waals surface area contributed by atoms with Gasteiger partial charge in [-0.1, -0.05) is 13.8 Å². The molecule has 1 N–H and O–H groups in total. The summed E-state index contributed by atoms with van der Waals surface area (Å²) in [5.41, 5.74) is 2.70. The Balaban J connectivity index is 1.74. The Labute approximate surface area is 131 Å². The molecule has 2 aromatic heterocycles. The van der Waals surface area contributed by atoms with Crippen molar-refractivity contribution in [1.29, 1.82) is 0 Å². The predicted octanol–water partition coefficient (Wildman–Crippen LogP) is 3.81. The van der Waals surface area contributed by atoms with Crippen molar-refractivity contribution in [3.63, 3.8) is 0 Å². The first-order valence-electron chi connectivity index (χ1n) is 7.68. The predicted molar refractivity (Wildman–Crippen MR) is 89.7 cm³/mol. The van der Waals surface area contributed by atoms with Crippen LogP contribution in [0, 0.1) is 0 Å². The highest BCUT2D eigenvalue weighted by Gasteiger charge is 2.30. The number of nitrogens with zero attached hydrogens (tertiary/aromatic N) is 2. The van der Waals surface area contributed by atoms with Gasteiger partial charge in [-0.2, -0.15) is 11.3 Å². The lowest BCUT2D eigenvalue weighted by atomic mass is 10.2. The summed E-state index contributed by atoms with van der Waals surface area (Å²) < 4.78 is 0. The van der Waals surface area contributed by atoms with Gasteiger partial charge in [0.25, 0.3) is 0 Å². The minimum Gasteiger partial charge on any atom is -0.349 e. The van der Waals surface area contributed by atoms with Gasteiger partial charge >= 0.3 is 0 Å². The molecule has 0 atom stereocenters. The maximum absolute atomic E-state index is 4.61. The molecule has 3 rings (SSSR count). The molecule has 4 heteroatoms. The summed E-state index contributed by atoms with van der Waals surface area (Å²) in [5, 5.41) is 7.86. The molecule has 0 aliphatic heterocycles. The minimum atomic E-state index is 0.506. The zero-order valence-electron chi connectivity index (χ0n) is 12.7. The van der Waals surface area contributed by atoms with E-state index in [2.05, 4.69) is 58.0 Å². The van der Waals surface area contributed by atoms with Crippen LogP contribution in [0.3, 0.4) is 0 Å². The van der Waals surface area contributed by atoms with E-state index in [1.165, 1.54) is 24.0 Å². The number of rotatable bonds is 7. The van der Waals surface area contributed by atoms with Crippen LogP contribution in [-0.2, 0) is 13.1 Å². The normalized spacial score (nSPS) is 14.6. The van der Waals surface area contributed by atoms with E-state index < -0.39 is 0 Å². The van der Waals surface area contributed by atoms with E-state index in [1.54, 1.807) is 11.3 Å².